The van der Waals surface area contributed by atoms with Crippen LogP contribution in [-0.4, -0.2) is 10.7 Å². The first-order chi connectivity index (χ1) is 13.2. The van der Waals surface area contributed by atoms with E-state index in [0.29, 0.717) is 0 Å². The molecule has 0 radical (unpaired) electrons. The zero-order chi connectivity index (χ0) is 18.3. The van der Waals surface area contributed by atoms with Crippen LogP contribution in [0.25, 0.3) is 49.0 Å². The van der Waals surface area contributed by atoms with Crippen LogP contribution in [-0.2, 0) is 7.05 Å². The molecule has 0 aliphatic carbocycles. The molecule has 130 valence electrons. The minimum atomic E-state index is 1.29. The second kappa shape index (κ2) is 5.14. The van der Waals surface area contributed by atoms with Crippen molar-refractivity contribution in [1.82, 2.24) is 4.40 Å². The van der Waals surface area contributed by atoms with Crippen LogP contribution in [0.5, 0.6) is 0 Å². The van der Waals surface area contributed by atoms with Gasteiger partial charge in [-0.3, -0.25) is 0 Å². The largest absolute Gasteiger partial charge is 0.307 e. The van der Waals surface area contributed by atoms with Gasteiger partial charge in [0.05, 0.1) is 27.3 Å². The monoisotopic (exact) mass is 367 g/mol. The maximum absolute atomic E-state index is 2.49. The predicted molar refractivity (Wildman–Crippen MR) is 116 cm³/mol. The van der Waals surface area contributed by atoms with Crippen LogP contribution in [0.4, 0.5) is 0 Å². The molecule has 3 heteroatoms. The Labute approximate surface area is 161 Å². The Morgan fingerprint density at radius 2 is 1.74 bits per heavy atom. The molecule has 2 nitrogen and oxygen atoms in total. The van der Waals surface area contributed by atoms with E-state index in [4.69, 9.17) is 0 Å². The van der Waals surface area contributed by atoms with Crippen molar-refractivity contribution < 1.29 is 4.57 Å². The molecule has 0 amide bonds. The summed E-state index contributed by atoms with van der Waals surface area (Å²) in [4.78, 5) is 1.30. The molecule has 0 bridgehead atoms. The van der Waals surface area contributed by atoms with Crippen LogP contribution in [0.3, 0.4) is 0 Å². The van der Waals surface area contributed by atoms with E-state index in [-0.39, 0.29) is 0 Å². The van der Waals surface area contributed by atoms with E-state index in [1.165, 1.54) is 59.5 Å². The lowest BCUT2D eigenvalue weighted by Crippen LogP contribution is -2.28. The van der Waals surface area contributed by atoms with Gasteiger partial charge in [-0.15, -0.1) is 11.8 Å². The summed E-state index contributed by atoms with van der Waals surface area (Å²) in [6.07, 6.45) is 4.33. The topological polar surface area (TPSA) is 8.29 Å². The Bertz CT molecular complexity index is 1520. The zero-order valence-corrected chi connectivity index (χ0v) is 16.4. The lowest BCUT2D eigenvalue weighted by atomic mass is 10.00. The molecule has 0 saturated carbocycles. The fourth-order valence-electron chi connectivity index (χ4n) is 4.75. The highest BCUT2D eigenvalue weighted by atomic mass is 32.2. The van der Waals surface area contributed by atoms with Gasteiger partial charge in [-0.1, -0.05) is 30.3 Å². The van der Waals surface area contributed by atoms with Crippen molar-refractivity contribution in [3.05, 3.63) is 66.4 Å². The van der Waals surface area contributed by atoms with Crippen molar-refractivity contribution in [2.24, 2.45) is 7.05 Å². The second-order valence-corrected chi connectivity index (χ2v) is 8.27. The third-order valence-electron chi connectivity index (χ3n) is 5.97. The van der Waals surface area contributed by atoms with Crippen molar-refractivity contribution in [3.8, 4) is 0 Å². The van der Waals surface area contributed by atoms with Crippen LogP contribution < -0.4 is 4.57 Å². The summed E-state index contributed by atoms with van der Waals surface area (Å²) in [5.41, 5.74) is 6.58. The molecule has 0 spiro atoms. The van der Waals surface area contributed by atoms with Gasteiger partial charge in [0.2, 0.25) is 5.52 Å². The molecule has 3 heterocycles. The Balaban J connectivity index is 2.10. The number of hydrogen-bond donors (Lipinski definition) is 0. The number of hydrogen-bond acceptors (Lipinski definition) is 1. The maximum atomic E-state index is 2.49. The Kier molecular flexibility index (Phi) is 2.91. The van der Waals surface area contributed by atoms with E-state index in [2.05, 4.69) is 90.0 Å². The van der Waals surface area contributed by atoms with Gasteiger partial charge in [-0.25, -0.2) is 4.57 Å². The average molecular weight is 367 g/mol. The lowest BCUT2D eigenvalue weighted by molar-refractivity contribution is -0.643. The zero-order valence-electron chi connectivity index (χ0n) is 15.6. The molecule has 6 rings (SSSR count). The number of thioether (sulfide) groups is 1. The van der Waals surface area contributed by atoms with Crippen molar-refractivity contribution in [2.75, 3.05) is 6.26 Å². The van der Waals surface area contributed by atoms with Gasteiger partial charge in [0.25, 0.3) is 0 Å². The first kappa shape index (κ1) is 15.3. The normalized spacial score (nSPS) is 12.4. The number of benzene rings is 3. The molecule has 0 atom stereocenters. The summed E-state index contributed by atoms with van der Waals surface area (Å²) in [5, 5.41) is 6.67. The van der Waals surface area contributed by atoms with Crippen molar-refractivity contribution in [3.63, 3.8) is 0 Å². The fraction of sp³-hybridized carbons (Fsp3) is 0.125. The van der Waals surface area contributed by atoms with Gasteiger partial charge in [0.1, 0.15) is 7.05 Å². The minimum absolute atomic E-state index is 1.29. The van der Waals surface area contributed by atoms with E-state index >= 15 is 0 Å². The Morgan fingerprint density at radius 3 is 2.59 bits per heavy atom. The number of nitrogens with zero attached hydrogens (tertiary/aromatic N) is 2. The van der Waals surface area contributed by atoms with E-state index < -0.39 is 0 Å². The third-order valence-corrected chi connectivity index (χ3v) is 6.69. The first-order valence-electron chi connectivity index (χ1n) is 9.23. The molecule has 0 aliphatic heterocycles. The average Bonchev–Trinajstić information content (AvgIpc) is 3.02. The SMILES string of the molecule is CSc1ccc2c3ccc(C)c4c3n(c2c1)c1cccc2cc[n+](C)c4c21. The maximum Gasteiger partial charge on any atom is 0.224 e. The second-order valence-electron chi connectivity index (χ2n) is 7.39. The van der Waals surface area contributed by atoms with Crippen LogP contribution >= 0.6 is 11.8 Å². The van der Waals surface area contributed by atoms with Crippen LogP contribution in [0.1, 0.15) is 5.56 Å². The molecular weight excluding hydrogens is 348 g/mol. The minimum Gasteiger partial charge on any atom is -0.307 e. The molecular formula is C24H19N2S+. The van der Waals surface area contributed by atoms with Gasteiger partial charge in [-0.2, -0.15) is 0 Å². The molecule has 0 unspecified atom stereocenters. The predicted octanol–water partition coefficient (Wildman–Crippen LogP) is 5.84. The van der Waals surface area contributed by atoms with Gasteiger partial charge in [-0.05, 0) is 42.3 Å². The standard InChI is InChI=1S/C24H19N2S/c1-14-7-9-18-17-10-8-16(27-3)13-20(17)26-19-6-4-5-15-11-12-25(2)24(22(15)19)21(14)23(18)26/h4-13H,1-3H3/q+1. The molecule has 6 aromatic rings. The fourth-order valence-corrected chi connectivity index (χ4v) is 5.18. The molecule has 3 aromatic heterocycles. The number of fused-ring (bicyclic) bond motifs is 5. The summed E-state index contributed by atoms with van der Waals surface area (Å²) in [5.74, 6) is 0. The summed E-state index contributed by atoms with van der Waals surface area (Å²) in [7, 11) is 2.16. The van der Waals surface area contributed by atoms with E-state index in [9.17, 15) is 0 Å². The highest BCUT2D eigenvalue weighted by molar-refractivity contribution is 7.98. The molecule has 0 aliphatic rings. The van der Waals surface area contributed by atoms with Crippen molar-refractivity contribution in [2.45, 2.75) is 11.8 Å². The lowest BCUT2D eigenvalue weighted by Gasteiger charge is -2.12. The number of pyridine rings is 2. The summed E-state index contributed by atoms with van der Waals surface area (Å²) in [6, 6.07) is 20.3. The van der Waals surface area contributed by atoms with E-state index in [1.54, 1.807) is 11.8 Å². The quantitative estimate of drug-likeness (QED) is 0.153. The highest BCUT2D eigenvalue weighted by Gasteiger charge is 2.23. The summed E-state index contributed by atoms with van der Waals surface area (Å²) >= 11 is 1.80. The number of aromatic nitrogens is 2. The van der Waals surface area contributed by atoms with E-state index in [1.807, 2.05) is 0 Å². The van der Waals surface area contributed by atoms with Gasteiger partial charge in [0.15, 0.2) is 6.20 Å². The number of aryl methyl sites for hydroxylation is 2. The van der Waals surface area contributed by atoms with Gasteiger partial charge < -0.3 is 4.40 Å². The summed E-state index contributed by atoms with van der Waals surface area (Å²) in [6.45, 7) is 2.23. The van der Waals surface area contributed by atoms with Crippen molar-refractivity contribution >= 4 is 60.8 Å². The Morgan fingerprint density at radius 1 is 0.889 bits per heavy atom. The molecule has 3 aromatic carbocycles. The van der Waals surface area contributed by atoms with Gasteiger partial charge >= 0.3 is 0 Å². The van der Waals surface area contributed by atoms with E-state index in [0.717, 1.165) is 0 Å². The molecule has 0 fully saturated rings. The number of rotatable bonds is 1. The van der Waals surface area contributed by atoms with Gasteiger partial charge in [0, 0.05) is 21.7 Å². The highest BCUT2D eigenvalue weighted by Crippen LogP contribution is 2.41. The smallest absolute Gasteiger partial charge is 0.224 e. The van der Waals surface area contributed by atoms with Crippen molar-refractivity contribution in [1.29, 1.82) is 0 Å². The Hall–Kier alpha value is -2.78. The van der Waals surface area contributed by atoms with Crippen LogP contribution in [0.2, 0.25) is 0 Å². The summed E-state index contributed by atoms with van der Waals surface area (Å²) < 4.78 is 4.77. The molecule has 0 saturated heterocycles. The first-order valence-corrected chi connectivity index (χ1v) is 10.5. The van der Waals surface area contributed by atoms with Crippen LogP contribution in [0.15, 0.2) is 65.7 Å². The molecule has 0 N–H and O–H groups in total. The molecule has 27 heavy (non-hydrogen) atoms. The van der Waals surface area contributed by atoms with Crippen LogP contribution in [0, 0.1) is 6.92 Å². The third kappa shape index (κ3) is 1.80.